The zero-order valence-corrected chi connectivity index (χ0v) is 15.7. The number of carbonyl (C=O) groups excluding carboxylic acids is 1. The van der Waals surface area contributed by atoms with Gasteiger partial charge in [0.1, 0.15) is 0 Å². The number of aryl methyl sites for hydroxylation is 2. The summed E-state index contributed by atoms with van der Waals surface area (Å²) in [6.45, 7) is 0. The summed E-state index contributed by atoms with van der Waals surface area (Å²) in [4.78, 5) is 16.8. The molecule has 2 amide bonds. The molecule has 1 aliphatic rings. The summed E-state index contributed by atoms with van der Waals surface area (Å²) in [6.07, 6.45) is -2.38. The third-order valence-electron chi connectivity index (χ3n) is 5.04. The van der Waals surface area contributed by atoms with E-state index in [1.165, 1.54) is 40.0 Å². The summed E-state index contributed by atoms with van der Waals surface area (Å²) in [6, 6.07) is 12.1. The third-order valence-corrected chi connectivity index (χ3v) is 5.96. The van der Waals surface area contributed by atoms with E-state index in [9.17, 15) is 18.0 Å². The first-order valence-corrected chi connectivity index (χ1v) is 9.79. The number of halogens is 3. The molecule has 4 aromatic rings. The van der Waals surface area contributed by atoms with Gasteiger partial charge in [-0.25, -0.2) is 9.78 Å². The zero-order chi connectivity index (χ0) is 20.2. The number of aromatic nitrogens is 1. The Balaban J connectivity index is 1.39. The van der Waals surface area contributed by atoms with Crippen molar-refractivity contribution in [1.82, 2.24) is 4.98 Å². The van der Waals surface area contributed by atoms with Crippen LogP contribution in [0.5, 0.6) is 0 Å². The van der Waals surface area contributed by atoms with Gasteiger partial charge in [0.15, 0.2) is 5.13 Å². The lowest BCUT2D eigenvalue weighted by Crippen LogP contribution is -2.19. The van der Waals surface area contributed by atoms with Crippen molar-refractivity contribution < 1.29 is 18.0 Å². The third kappa shape index (κ3) is 3.19. The Bertz CT molecular complexity index is 1260. The van der Waals surface area contributed by atoms with E-state index >= 15 is 0 Å². The monoisotopic (exact) mass is 413 g/mol. The molecule has 0 unspecified atom stereocenters. The molecule has 0 radical (unpaired) electrons. The number of alkyl halides is 3. The van der Waals surface area contributed by atoms with Gasteiger partial charge in [-0.15, -0.1) is 0 Å². The number of hydrogen-bond acceptors (Lipinski definition) is 3. The van der Waals surface area contributed by atoms with E-state index in [1.54, 1.807) is 0 Å². The van der Waals surface area contributed by atoms with E-state index < -0.39 is 17.8 Å². The second-order valence-electron chi connectivity index (χ2n) is 6.90. The standard InChI is InChI=1S/C21H14F3N3OS/c22-21(23,24)13-6-8-14(9-7-13)25-19(28)27-20-26-18-15-3-1-2-11-4-5-12(17(11)15)10-16(18)29-20/h1-3,6-10H,4-5H2,(H2,25,26,27,28). The van der Waals surface area contributed by atoms with Gasteiger partial charge in [-0.1, -0.05) is 29.5 Å². The quantitative estimate of drug-likeness (QED) is 0.410. The highest BCUT2D eigenvalue weighted by Crippen LogP contribution is 2.39. The molecule has 0 saturated carbocycles. The maximum atomic E-state index is 12.6. The Hall–Kier alpha value is -3.13. The smallest absolute Gasteiger partial charge is 0.308 e. The summed E-state index contributed by atoms with van der Waals surface area (Å²) in [5.74, 6) is 0. The van der Waals surface area contributed by atoms with Crippen LogP contribution in [0, 0.1) is 0 Å². The lowest BCUT2D eigenvalue weighted by Gasteiger charge is -2.08. The number of nitrogens with one attached hydrogen (secondary N) is 2. The number of urea groups is 1. The van der Waals surface area contributed by atoms with E-state index in [-0.39, 0.29) is 5.69 Å². The maximum absolute atomic E-state index is 12.6. The van der Waals surface area contributed by atoms with Crippen LogP contribution in [0.4, 0.5) is 28.8 Å². The fraction of sp³-hybridized carbons (Fsp3) is 0.143. The largest absolute Gasteiger partial charge is 0.416 e. The Labute approximate surface area is 167 Å². The van der Waals surface area contributed by atoms with Gasteiger partial charge < -0.3 is 5.32 Å². The number of thiazole rings is 1. The second-order valence-corrected chi connectivity index (χ2v) is 7.93. The van der Waals surface area contributed by atoms with Crippen molar-refractivity contribution in [3.63, 3.8) is 0 Å². The minimum Gasteiger partial charge on any atom is -0.308 e. The molecule has 146 valence electrons. The molecule has 0 fully saturated rings. The van der Waals surface area contributed by atoms with Gasteiger partial charge in [0.05, 0.1) is 15.8 Å². The number of fused-ring (bicyclic) bond motifs is 2. The molecule has 29 heavy (non-hydrogen) atoms. The molecular formula is C21H14F3N3OS. The first kappa shape index (κ1) is 17.9. The molecule has 0 atom stereocenters. The SMILES string of the molecule is O=C(Nc1ccc(C(F)(F)F)cc1)Nc1nc2c(cc3c4c(cccc42)CC3)s1. The van der Waals surface area contributed by atoms with Crippen molar-refractivity contribution in [3.05, 3.63) is 65.2 Å². The van der Waals surface area contributed by atoms with Crippen LogP contribution in [0.15, 0.2) is 48.5 Å². The van der Waals surface area contributed by atoms with E-state index in [2.05, 4.69) is 27.8 Å². The normalized spacial score (nSPS) is 13.2. The molecule has 4 nitrogen and oxygen atoms in total. The Kier molecular flexibility index (Phi) is 3.99. The molecule has 8 heteroatoms. The summed E-state index contributed by atoms with van der Waals surface area (Å²) < 4.78 is 38.9. The van der Waals surface area contributed by atoms with Crippen LogP contribution < -0.4 is 10.6 Å². The first-order chi connectivity index (χ1) is 13.9. The highest BCUT2D eigenvalue weighted by molar-refractivity contribution is 7.22. The fourth-order valence-electron chi connectivity index (χ4n) is 3.76. The van der Waals surface area contributed by atoms with Crippen LogP contribution in [-0.2, 0) is 19.0 Å². The van der Waals surface area contributed by atoms with Gasteiger partial charge in [-0.3, -0.25) is 5.32 Å². The average Bonchev–Trinajstić information content (AvgIpc) is 3.27. The van der Waals surface area contributed by atoms with Gasteiger partial charge in [0, 0.05) is 11.1 Å². The molecule has 0 bridgehead atoms. The zero-order valence-electron chi connectivity index (χ0n) is 14.9. The summed E-state index contributed by atoms with van der Waals surface area (Å²) >= 11 is 1.38. The molecule has 1 heterocycles. The molecule has 0 aliphatic heterocycles. The van der Waals surface area contributed by atoms with Crippen LogP contribution in [0.1, 0.15) is 16.7 Å². The number of amides is 2. The molecule has 1 aromatic heterocycles. The van der Waals surface area contributed by atoms with Crippen LogP contribution >= 0.6 is 11.3 Å². The summed E-state index contributed by atoms with van der Waals surface area (Å²) in [7, 11) is 0. The van der Waals surface area contributed by atoms with Crippen molar-refractivity contribution in [2.75, 3.05) is 10.6 Å². The first-order valence-electron chi connectivity index (χ1n) is 8.98. The van der Waals surface area contributed by atoms with E-state index in [0.717, 1.165) is 40.6 Å². The number of carbonyl (C=O) groups is 1. The summed E-state index contributed by atoms with van der Waals surface area (Å²) in [5, 5.41) is 7.99. The number of nitrogens with zero attached hydrogens (tertiary/aromatic N) is 1. The second kappa shape index (κ2) is 6.45. The number of anilines is 2. The minimum absolute atomic E-state index is 0.267. The lowest BCUT2D eigenvalue weighted by molar-refractivity contribution is -0.137. The van der Waals surface area contributed by atoms with E-state index in [0.29, 0.717) is 5.13 Å². The van der Waals surface area contributed by atoms with Gasteiger partial charge in [0.2, 0.25) is 0 Å². The molecule has 5 rings (SSSR count). The van der Waals surface area contributed by atoms with Crippen molar-refractivity contribution in [2.45, 2.75) is 19.0 Å². The van der Waals surface area contributed by atoms with Gasteiger partial charge in [-0.2, -0.15) is 13.2 Å². The number of rotatable bonds is 2. The lowest BCUT2D eigenvalue weighted by atomic mass is 10.0. The average molecular weight is 413 g/mol. The van der Waals surface area contributed by atoms with E-state index in [1.807, 2.05) is 12.1 Å². The van der Waals surface area contributed by atoms with Gasteiger partial charge in [0.25, 0.3) is 0 Å². The topological polar surface area (TPSA) is 54.0 Å². The molecule has 3 aromatic carbocycles. The van der Waals surface area contributed by atoms with E-state index in [4.69, 9.17) is 0 Å². The fourth-order valence-corrected chi connectivity index (χ4v) is 4.70. The predicted molar refractivity (Wildman–Crippen MR) is 109 cm³/mol. The molecule has 0 saturated heterocycles. The molecule has 2 N–H and O–H groups in total. The van der Waals surface area contributed by atoms with Crippen LogP contribution in [0.25, 0.3) is 21.0 Å². The van der Waals surface area contributed by atoms with Crippen molar-refractivity contribution in [2.24, 2.45) is 0 Å². The number of benzene rings is 3. The van der Waals surface area contributed by atoms with Gasteiger partial charge >= 0.3 is 12.2 Å². The Morgan fingerprint density at radius 1 is 1.00 bits per heavy atom. The van der Waals surface area contributed by atoms with Gasteiger partial charge in [-0.05, 0) is 59.7 Å². The maximum Gasteiger partial charge on any atom is 0.416 e. The highest BCUT2D eigenvalue weighted by Gasteiger charge is 2.30. The predicted octanol–water partition coefficient (Wildman–Crippen LogP) is 6.21. The molecule has 1 aliphatic carbocycles. The van der Waals surface area contributed by atoms with Crippen molar-refractivity contribution in [1.29, 1.82) is 0 Å². The van der Waals surface area contributed by atoms with Crippen molar-refractivity contribution in [3.8, 4) is 0 Å². The Morgan fingerprint density at radius 3 is 2.52 bits per heavy atom. The number of hydrogen-bond donors (Lipinski definition) is 2. The van der Waals surface area contributed by atoms with Crippen LogP contribution in [0.3, 0.4) is 0 Å². The van der Waals surface area contributed by atoms with Crippen LogP contribution in [-0.4, -0.2) is 11.0 Å². The van der Waals surface area contributed by atoms with Crippen LogP contribution in [0.2, 0.25) is 0 Å². The van der Waals surface area contributed by atoms with Crippen molar-refractivity contribution >= 4 is 49.2 Å². The Morgan fingerprint density at radius 2 is 1.76 bits per heavy atom. The highest BCUT2D eigenvalue weighted by atomic mass is 32.1. The minimum atomic E-state index is -4.41. The molecule has 0 spiro atoms. The molecular weight excluding hydrogens is 399 g/mol. The summed E-state index contributed by atoms with van der Waals surface area (Å²) in [5.41, 5.74) is 2.97.